The minimum Gasteiger partial charge on any atom is -0.481 e. The lowest BCUT2D eigenvalue weighted by Gasteiger charge is -2.27. The molecule has 0 aromatic heterocycles. The van der Waals surface area contributed by atoms with E-state index in [0.29, 0.717) is 6.54 Å². The third-order valence-electron chi connectivity index (χ3n) is 3.64. The standard InChI is InChI=1S/C12H21NO3/c1-2-12(7-3-4-8-12)9-13-10(14)5-6-11(15)16/h2-9H2,1H3,(H,13,14)(H,15,16). The zero-order chi connectivity index (χ0) is 12.0. The minimum atomic E-state index is -0.916. The highest BCUT2D eigenvalue weighted by Gasteiger charge is 2.31. The average molecular weight is 227 g/mol. The van der Waals surface area contributed by atoms with Crippen LogP contribution in [0, 0.1) is 5.41 Å². The van der Waals surface area contributed by atoms with Gasteiger partial charge in [-0.3, -0.25) is 9.59 Å². The van der Waals surface area contributed by atoms with Crippen LogP contribution >= 0.6 is 0 Å². The molecule has 0 heterocycles. The Morgan fingerprint density at radius 2 is 1.88 bits per heavy atom. The second-order valence-corrected chi connectivity index (χ2v) is 4.73. The number of hydrogen-bond donors (Lipinski definition) is 2. The van der Waals surface area contributed by atoms with E-state index in [1.165, 1.54) is 25.7 Å². The zero-order valence-corrected chi connectivity index (χ0v) is 9.92. The fraction of sp³-hybridized carbons (Fsp3) is 0.833. The number of carbonyl (C=O) groups excluding carboxylic acids is 1. The van der Waals surface area contributed by atoms with Crippen molar-refractivity contribution >= 4 is 11.9 Å². The Morgan fingerprint density at radius 3 is 2.38 bits per heavy atom. The number of carboxylic acid groups (broad SMARTS) is 1. The van der Waals surface area contributed by atoms with Crippen LogP contribution in [-0.4, -0.2) is 23.5 Å². The molecular formula is C12H21NO3. The van der Waals surface area contributed by atoms with Crippen LogP contribution in [0.1, 0.15) is 51.9 Å². The minimum absolute atomic E-state index is 0.0784. The first-order valence-electron chi connectivity index (χ1n) is 6.06. The molecule has 0 aliphatic heterocycles. The molecule has 16 heavy (non-hydrogen) atoms. The maximum absolute atomic E-state index is 11.4. The summed E-state index contributed by atoms with van der Waals surface area (Å²) in [5.41, 5.74) is 0.277. The summed E-state index contributed by atoms with van der Waals surface area (Å²) in [5, 5.41) is 11.3. The van der Waals surface area contributed by atoms with Crippen molar-refractivity contribution in [1.82, 2.24) is 5.32 Å². The van der Waals surface area contributed by atoms with Crippen LogP contribution in [0.25, 0.3) is 0 Å². The van der Waals surface area contributed by atoms with Crippen molar-refractivity contribution in [2.45, 2.75) is 51.9 Å². The Kier molecular flexibility index (Phi) is 4.77. The van der Waals surface area contributed by atoms with E-state index in [9.17, 15) is 9.59 Å². The fourth-order valence-electron chi connectivity index (χ4n) is 2.38. The van der Waals surface area contributed by atoms with E-state index in [0.717, 1.165) is 6.42 Å². The van der Waals surface area contributed by atoms with Gasteiger partial charge in [-0.05, 0) is 24.7 Å². The molecule has 1 aliphatic carbocycles. The van der Waals surface area contributed by atoms with Crippen molar-refractivity contribution in [3.8, 4) is 0 Å². The molecular weight excluding hydrogens is 206 g/mol. The van der Waals surface area contributed by atoms with Gasteiger partial charge in [0.25, 0.3) is 0 Å². The molecule has 0 atom stereocenters. The van der Waals surface area contributed by atoms with Gasteiger partial charge >= 0.3 is 5.97 Å². The van der Waals surface area contributed by atoms with E-state index in [-0.39, 0.29) is 24.2 Å². The number of amides is 1. The largest absolute Gasteiger partial charge is 0.481 e. The van der Waals surface area contributed by atoms with Gasteiger partial charge in [0, 0.05) is 13.0 Å². The van der Waals surface area contributed by atoms with Gasteiger partial charge in [0.2, 0.25) is 5.91 Å². The third-order valence-corrected chi connectivity index (χ3v) is 3.64. The smallest absolute Gasteiger partial charge is 0.303 e. The maximum atomic E-state index is 11.4. The molecule has 4 nitrogen and oxygen atoms in total. The topological polar surface area (TPSA) is 66.4 Å². The number of carbonyl (C=O) groups is 2. The van der Waals surface area contributed by atoms with Gasteiger partial charge in [0.1, 0.15) is 0 Å². The van der Waals surface area contributed by atoms with Crippen LogP contribution in [0.4, 0.5) is 0 Å². The quantitative estimate of drug-likeness (QED) is 0.728. The number of nitrogens with one attached hydrogen (secondary N) is 1. The number of aliphatic carboxylic acids is 1. The molecule has 2 N–H and O–H groups in total. The Balaban J connectivity index is 2.27. The zero-order valence-electron chi connectivity index (χ0n) is 9.92. The highest BCUT2D eigenvalue weighted by molar-refractivity contribution is 5.80. The van der Waals surface area contributed by atoms with Crippen LogP contribution in [0.5, 0.6) is 0 Å². The summed E-state index contributed by atoms with van der Waals surface area (Å²) in [5.74, 6) is -1.05. The maximum Gasteiger partial charge on any atom is 0.303 e. The van der Waals surface area contributed by atoms with Gasteiger partial charge in [-0.1, -0.05) is 19.8 Å². The van der Waals surface area contributed by atoms with Crippen molar-refractivity contribution in [3.05, 3.63) is 0 Å². The average Bonchev–Trinajstić information content (AvgIpc) is 2.73. The van der Waals surface area contributed by atoms with E-state index in [1.54, 1.807) is 0 Å². The molecule has 1 aliphatic rings. The second-order valence-electron chi connectivity index (χ2n) is 4.73. The molecule has 0 saturated heterocycles. The number of hydrogen-bond acceptors (Lipinski definition) is 2. The van der Waals surface area contributed by atoms with E-state index < -0.39 is 5.97 Å². The third kappa shape index (κ3) is 3.83. The van der Waals surface area contributed by atoms with Gasteiger partial charge < -0.3 is 10.4 Å². The monoisotopic (exact) mass is 227 g/mol. The van der Waals surface area contributed by atoms with Crippen LogP contribution in [0.2, 0.25) is 0 Å². The molecule has 1 saturated carbocycles. The van der Waals surface area contributed by atoms with Crippen molar-refractivity contribution in [1.29, 1.82) is 0 Å². The molecule has 0 bridgehead atoms. The second kappa shape index (κ2) is 5.87. The molecule has 0 spiro atoms. The normalized spacial score (nSPS) is 18.3. The van der Waals surface area contributed by atoms with Crippen molar-refractivity contribution < 1.29 is 14.7 Å². The highest BCUT2D eigenvalue weighted by atomic mass is 16.4. The number of rotatable bonds is 6. The Labute approximate surface area is 96.4 Å². The lowest BCUT2D eigenvalue weighted by Crippen LogP contribution is -2.35. The fourth-order valence-corrected chi connectivity index (χ4v) is 2.38. The summed E-state index contributed by atoms with van der Waals surface area (Å²) in [6.45, 7) is 2.87. The predicted molar refractivity (Wildman–Crippen MR) is 61.1 cm³/mol. The lowest BCUT2D eigenvalue weighted by molar-refractivity contribution is -0.138. The molecule has 0 aromatic carbocycles. The number of carboxylic acids is 1. The summed E-state index contributed by atoms with van der Waals surface area (Å²) in [6, 6.07) is 0. The van der Waals surface area contributed by atoms with E-state index >= 15 is 0 Å². The van der Waals surface area contributed by atoms with Crippen molar-refractivity contribution in [2.75, 3.05) is 6.54 Å². The van der Waals surface area contributed by atoms with E-state index in [4.69, 9.17) is 5.11 Å². The van der Waals surface area contributed by atoms with Gasteiger partial charge in [-0.2, -0.15) is 0 Å². The summed E-state index contributed by atoms with van der Waals surface area (Å²) in [6.07, 6.45) is 5.97. The van der Waals surface area contributed by atoms with Gasteiger partial charge in [0.15, 0.2) is 0 Å². The summed E-state index contributed by atoms with van der Waals surface area (Å²) in [7, 11) is 0. The van der Waals surface area contributed by atoms with Crippen LogP contribution in [0.3, 0.4) is 0 Å². The molecule has 0 aromatic rings. The van der Waals surface area contributed by atoms with Crippen LogP contribution in [0.15, 0.2) is 0 Å². The Morgan fingerprint density at radius 1 is 1.25 bits per heavy atom. The Bertz CT molecular complexity index is 257. The summed E-state index contributed by atoms with van der Waals surface area (Å²) in [4.78, 5) is 21.7. The molecule has 1 rings (SSSR count). The lowest BCUT2D eigenvalue weighted by atomic mass is 9.83. The van der Waals surface area contributed by atoms with Crippen molar-refractivity contribution in [2.24, 2.45) is 5.41 Å². The first-order valence-corrected chi connectivity index (χ1v) is 6.06. The van der Waals surface area contributed by atoms with E-state index in [2.05, 4.69) is 12.2 Å². The van der Waals surface area contributed by atoms with Gasteiger partial charge in [-0.15, -0.1) is 0 Å². The Hall–Kier alpha value is -1.06. The SMILES string of the molecule is CCC1(CNC(=O)CCC(=O)O)CCCC1. The molecule has 92 valence electrons. The predicted octanol–water partition coefficient (Wildman–Crippen LogP) is 1.94. The molecule has 1 amide bonds. The van der Waals surface area contributed by atoms with Crippen LogP contribution < -0.4 is 5.32 Å². The van der Waals surface area contributed by atoms with Gasteiger partial charge in [-0.25, -0.2) is 0 Å². The van der Waals surface area contributed by atoms with Gasteiger partial charge in [0.05, 0.1) is 6.42 Å². The summed E-state index contributed by atoms with van der Waals surface area (Å²) >= 11 is 0. The first-order chi connectivity index (χ1) is 7.58. The molecule has 4 heteroatoms. The van der Waals surface area contributed by atoms with Crippen molar-refractivity contribution in [3.63, 3.8) is 0 Å². The molecule has 0 unspecified atom stereocenters. The van der Waals surface area contributed by atoms with E-state index in [1.807, 2.05) is 0 Å². The molecule has 0 radical (unpaired) electrons. The first kappa shape index (κ1) is 13.0. The summed E-state index contributed by atoms with van der Waals surface area (Å²) < 4.78 is 0. The highest BCUT2D eigenvalue weighted by Crippen LogP contribution is 2.40. The molecule has 1 fully saturated rings. The van der Waals surface area contributed by atoms with Crippen LogP contribution in [-0.2, 0) is 9.59 Å².